The summed E-state index contributed by atoms with van der Waals surface area (Å²) in [7, 11) is 5.91. The third kappa shape index (κ3) is 5.66. The molecule has 0 atom stereocenters. The summed E-state index contributed by atoms with van der Waals surface area (Å²) in [5.74, 6) is 0.832. The SMILES string of the molecule is CN=C(NCCc1ccc(N(C)C)cc1)NCc1ccccc1. The summed E-state index contributed by atoms with van der Waals surface area (Å²) in [6, 6.07) is 19.0. The first kappa shape index (κ1) is 16.9. The number of hydrogen-bond acceptors (Lipinski definition) is 2. The predicted molar refractivity (Wildman–Crippen MR) is 99.1 cm³/mol. The summed E-state index contributed by atoms with van der Waals surface area (Å²) in [6.07, 6.45) is 0.972. The Labute approximate surface area is 139 Å². The van der Waals surface area contributed by atoms with Crippen molar-refractivity contribution in [1.82, 2.24) is 10.6 Å². The molecule has 122 valence electrons. The summed E-state index contributed by atoms with van der Waals surface area (Å²) < 4.78 is 0. The van der Waals surface area contributed by atoms with Crippen LogP contribution in [0.25, 0.3) is 0 Å². The molecule has 0 fully saturated rings. The van der Waals surface area contributed by atoms with Crippen molar-refractivity contribution in [3.63, 3.8) is 0 Å². The van der Waals surface area contributed by atoms with Crippen molar-refractivity contribution < 1.29 is 0 Å². The second-order valence-electron chi connectivity index (χ2n) is 5.65. The molecule has 4 heteroatoms. The molecule has 23 heavy (non-hydrogen) atoms. The number of guanidine groups is 1. The van der Waals surface area contributed by atoms with E-state index in [9.17, 15) is 0 Å². The zero-order chi connectivity index (χ0) is 16.5. The average Bonchev–Trinajstić information content (AvgIpc) is 2.59. The quantitative estimate of drug-likeness (QED) is 0.636. The summed E-state index contributed by atoms with van der Waals surface area (Å²) in [5, 5.41) is 6.68. The van der Waals surface area contributed by atoms with E-state index < -0.39 is 0 Å². The molecule has 4 nitrogen and oxygen atoms in total. The van der Waals surface area contributed by atoms with Crippen molar-refractivity contribution in [3.05, 3.63) is 65.7 Å². The van der Waals surface area contributed by atoms with Crippen LogP contribution in [-0.2, 0) is 13.0 Å². The minimum atomic E-state index is 0.776. The second kappa shape index (κ2) is 8.83. The number of nitrogens with one attached hydrogen (secondary N) is 2. The normalized spacial score (nSPS) is 11.2. The van der Waals surface area contributed by atoms with Gasteiger partial charge in [-0.05, 0) is 29.7 Å². The lowest BCUT2D eigenvalue weighted by molar-refractivity contribution is 0.794. The first-order valence-electron chi connectivity index (χ1n) is 7.94. The van der Waals surface area contributed by atoms with Gasteiger partial charge in [0.1, 0.15) is 0 Å². The van der Waals surface area contributed by atoms with Gasteiger partial charge in [-0.3, -0.25) is 4.99 Å². The van der Waals surface area contributed by atoms with Gasteiger partial charge in [-0.2, -0.15) is 0 Å². The van der Waals surface area contributed by atoms with Crippen LogP contribution in [0.3, 0.4) is 0 Å². The highest BCUT2D eigenvalue weighted by Crippen LogP contribution is 2.12. The van der Waals surface area contributed by atoms with E-state index in [2.05, 4.69) is 71.0 Å². The molecule has 0 heterocycles. The van der Waals surface area contributed by atoms with E-state index in [0.29, 0.717) is 0 Å². The van der Waals surface area contributed by atoms with E-state index in [1.165, 1.54) is 16.8 Å². The molecule has 0 spiro atoms. The van der Waals surface area contributed by atoms with E-state index in [-0.39, 0.29) is 0 Å². The van der Waals surface area contributed by atoms with Gasteiger partial charge in [0.15, 0.2) is 5.96 Å². The van der Waals surface area contributed by atoms with Crippen LogP contribution >= 0.6 is 0 Å². The van der Waals surface area contributed by atoms with Gasteiger partial charge in [0.2, 0.25) is 0 Å². The molecule has 2 rings (SSSR count). The zero-order valence-corrected chi connectivity index (χ0v) is 14.2. The number of benzene rings is 2. The van der Waals surface area contributed by atoms with Gasteiger partial charge in [0, 0.05) is 39.9 Å². The molecule has 0 aliphatic rings. The lowest BCUT2D eigenvalue weighted by Crippen LogP contribution is -2.37. The monoisotopic (exact) mass is 310 g/mol. The highest BCUT2D eigenvalue weighted by molar-refractivity contribution is 5.79. The Hall–Kier alpha value is -2.49. The molecule has 0 bridgehead atoms. The number of hydrogen-bond donors (Lipinski definition) is 2. The topological polar surface area (TPSA) is 39.7 Å². The van der Waals surface area contributed by atoms with Gasteiger partial charge in [0.05, 0.1) is 0 Å². The molecule has 0 radical (unpaired) electrons. The zero-order valence-electron chi connectivity index (χ0n) is 14.2. The molecule has 0 aliphatic carbocycles. The summed E-state index contributed by atoms with van der Waals surface area (Å²) in [4.78, 5) is 6.37. The van der Waals surface area contributed by atoms with E-state index in [1.807, 2.05) is 18.2 Å². The second-order valence-corrected chi connectivity index (χ2v) is 5.65. The molecule has 0 amide bonds. The highest BCUT2D eigenvalue weighted by Gasteiger charge is 1.99. The largest absolute Gasteiger partial charge is 0.378 e. The van der Waals surface area contributed by atoms with Crippen LogP contribution in [0.1, 0.15) is 11.1 Å². The van der Waals surface area contributed by atoms with E-state index >= 15 is 0 Å². The fourth-order valence-electron chi connectivity index (χ4n) is 2.29. The van der Waals surface area contributed by atoms with E-state index in [4.69, 9.17) is 0 Å². The maximum absolute atomic E-state index is 4.26. The third-order valence-corrected chi connectivity index (χ3v) is 3.69. The molecule has 0 unspecified atom stereocenters. The summed E-state index contributed by atoms with van der Waals surface area (Å²) in [6.45, 7) is 1.63. The third-order valence-electron chi connectivity index (χ3n) is 3.69. The van der Waals surface area contributed by atoms with Crippen LogP contribution in [0.2, 0.25) is 0 Å². The molecular weight excluding hydrogens is 284 g/mol. The Morgan fingerprint density at radius 2 is 1.61 bits per heavy atom. The number of nitrogens with zero attached hydrogens (tertiary/aromatic N) is 2. The maximum Gasteiger partial charge on any atom is 0.191 e. The summed E-state index contributed by atoms with van der Waals surface area (Å²) in [5.41, 5.74) is 3.79. The Balaban J connectivity index is 1.75. The van der Waals surface area contributed by atoms with Crippen molar-refractivity contribution in [2.75, 3.05) is 32.6 Å². The maximum atomic E-state index is 4.26. The molecule has 0 saturated carbocycles. The lowest BCUT2D eigenvalue weighted by atomic mass is 10.1. The average molecular weight is 310 g/mol. The van der Waals surface area contributed by atoms with Crippen molar-refractivity contribution in [1.29, 1.82) is 0 Å². The molecule has 0 saturated heterocycles. The molecule has 2 aromatic rings. The number of anilines is 1. The van der Waals surface area contributed by atoms with Crippen molar-refractivity contribution in [3.8, 4) is 0 Å². The van der Waals surface area contributed by atoms with Gasteiger partial charge in [0.25, 0.3) is 0 Å². The van der Waals surface area contributed by atoms with E-state index in [1.54, 1.807) is 7.05 Å². The lowest BCUT2D eigenvalue weighted by Gasteiger charge is -2.14. The Morgan fingerprint density at radius 1 is 0.913 bits per heavy atom. The molecule has 2 aromatic carbocycles. The van der Waals surface area contributed by atoms with E-state index in [0.717, 1.165) is 25.5 Å². The standard InChI is InChI=1S/C19H26N4/c1-20-19(22-15-17-7-5-4-6-8-17)21-14-13-16-9-11-18(12-10-16)23(2)3/h4-12H,13-15H2,1-3H3,(H2,20,21,22). The van der Waals surface area contributed by atoms with Gasteiger partial charge in [-0.1, -0.05) is 42.5 Å². The molecule has 0 aromatic heterocycles. The molecular formula is C19H26N4. The van der Waals surface area contributed by atoms with Gasteiger partial charge < -0.3 is 15.5 Å². The van der Waals surface area contributed by atoms with Crippen LogP contribution in [-0.4, -0.2) is 33.6 Å². The van der Waals surface area contributed by atoms with Crippen molar-refractivity contribution in [2.24, 2.45) is 4.99 Å². The van der Waals surface area contributed by atoms with Crippen molar-refractivity contribution in [2.45, 2.75) is 13.0 Å². The fraction of sp³-hybridized carbons (Fsp3) is 0.316. The van der Waals surface area contributed by atoms with Crippen LogP contribution in [0.5, 0.6) is 0 Å². The van der Waals surface area contributed by atoms with Crippen LogP contribution < -0.4 is 15.5 Å². The smallest absolute Gasteiger partial charge is 0.191 e. The van der Waals surface area contributed by atoms with Crippen LogP contribution in [0, 0.1) is 0 Å². The minimum Gasteiger partial charge on any atom is -0.378 e. The summed E-state index contributed by atoms with van der Waals surface area (Å²) >= 11 is 0. The van der Waals surface area contributed by atoms with Gasteiger partial charge in [-0.15, -0.1) is 0 Å². The first-order chi connectivity index (χ1) is 11.2. The molecule has 0 aliphatic heterocycles. The predicted octanol–water partition coefficient (Wildman–Crippen LogP) is 2.66. The first-order valence-corrected chi connectivity index (χ1v) is 7.94. The van der Waals surface area contributed by atoms with Crippen molar-refractivity contribution >= 4 is 11.6 Å². The Morgan fingerprint density at radius 3 is 2.22 bits per heavy atom. The molecule has 2 N–H and O–H groups in total. The van der Waals surface area contributed by atoms with Gasteiger partial charge >= 0.3 is 0 Å². The fourth-order valence-corrected chi connectivity index (χ4v) is 2.29. The van der Waals surface area contributed by atoms with Crippen LogP contribution in [0.15, 0.2) is 59.6 Å². The minimum absolute atomic E-state index is 0.776. The Bertz CT molecular complexity index is 603. The number of aliphatic imine (C=N–C) groups is 1. The van der Waals surface area contributed by atoms with Crippen LogP contribution in [0.4, 0.5) is 5.69 Å². The Kier molecular flexibility index (Phi) is 6.48. The van der Waals surface area contributed by atoms with Gasteiger partial charge in [-0.25, -0.2) is 0 Å². The number of rotatable bonds is 6. The highest BCUT2D eigenvalue weighted by atomic mass is 15.2.